The number of hydrogen-bond acceptors (Lipinski definition) is 4. The number of para-hydroxylation sites is 1. The molecule has 0 saturated carbocycles. The molecular weight excluding hydrogens is 338 g/mol. The minimum atomic E-state index is 0.426. The molecule has 140 valence electrons. The molecule has 0 fully saturated rings. The lowest BCUT2D eigenvalue weighted by molar-refractivity contribution is 0.295. The molecule has 0 saturated heterocycles. The van der Waals surface area contributed by atoms with Crippen LogP contribution in [-0.4, -0.2) is 21.3 Å². The van der Waals surface area contributed by atoms with Gasteiger partial charge in [-0.25, -0.2) is 0 Å². The third kappa shape index (κ3) is 4.00. The number of aryl methyl sites for hydroxylation is 1. The second-order valence-corrected chi connectivity index (χ2v) is 6.21. The van der Waals surface area contributed by atoms with Crippen molar-refractivity contribution in [3.05, 3.63) is 71.8 Å². The van der Waals surface area contributed by atoms with E-state index >= 15 is 0 Å². The molecule has 1 N–H and O–H groups in total. The van der Waals surface area contributed by atoms with Gasteiger partial charge in [0.15, 0.2) is 0 Å². The number of anilines is 1. The van der Waals surface area contributed by atoms with Gasteiger partial charge in [0.05, 0.1) is 19.8 Å². The first kappa shape index (κ1) is 18.6. The van der Waals surface area contributed by atoms with Crippen LogP contribution in [-0.2, 0) is 6.61 Å². The Morgan fingerprint density at radius 2 is 1.56 bits per heavy atom. The number of nitrogens with one attached hydrogen (secondary N) is 1. The van der Waals surface area contributed by atoms with E-state index in [1.54, 1.807) is 14.2 Å². The summed E-state index contributed by atoms with van der Waals surface area (Å²) in [5.41, 5.74) is 5.23. The standard InChI is InChI=1S/C23H25NO3/c1-16-14-17(18-8-5-6-10-22(18)25-3)12-13-21(16)27-15-19-20(24-2)9-7-11-23(19)26-4/h5-14,24H,15H2,1-4H3. The van der Waals surface area contributed by atoms with E-state index in [4.69, 9.17) is 14.2 Å². The highest BCUT2D eigenvalue weighted by Gasteiger charge is 2.11. The van der Waals surface area contributed by atoms with E-state index in [-0.39, 0.29) is 0 Å². The van der Waals surface area contributed by atoms with Crippen LogP contribution in [0.15, 0.2) is 60.7 Å². The van der Waals surface area contributed by atoms with E-state index in [0.29, 0.717) is 6.61 Å². The van der Waals surface area contributed by atoms with E-state index in [1.165, 1.54) is 0 Å². The third-order valence-electron chi connectivity index (χ3n) is 4.59. The molecule has 0 spiro atoms. The minimum Gasteiger partial charge on any atom is -0.496 e. The van der Waals surface area contributed by atoms with E-state index in [9.17, 15) is 0 Å². The first-order valence-electron chi connectivity index (χ1n) is 8.88. The summed E-state index contributed by atoms with van der Waals surface area (Å²) < 4.78 is 17.1. The molecule has 0 aliphatic rings. The summed E-state index contributed by atoms with van der Waals surface area (Å²) in [6, 6.07) is 20.1. The Bertz CT molecular complexity index is 899. The van der Waals surface area contributed by atoms with Crippen molar-refractivity contribution in [2.75, 3.05) is 26.6 Å². The number of benzene rings is 3. The van der Waals surface area contributed by atoms with Crippen LogP contribution in [0.3, 0.4) is 0 Å². The molecule has 0 radical (unpaired) electrons. The van der Waals surface area contributed by atoms with Crippen LogP contribution < -0.4 is 19.5 Å². The Morgan fingerprint density at radius 3 is 2.26 bits per heavy atom. The number of methoxy groups -OCH3 is 2. The third-order valence-corrected chi connectivity index (χ3v) is 4.59. The fraction of sp³-hybridized carbons (Fsp3) is 0.217. The zero-order chi connectivity index (χ0) is 19.2. The topological polar surface area (TPSA) is 39.7 Å². The van der Waals surface area contributed by atoms with Crippen LogP contribution in [0.2, 0.25) is 0 Å². The second-order valence-electron chi connectivity index (χ2n) is 6.21. The largest absolute Gasteiger partial charge is 0.496 e. The molecule has 0 bridgehead atoms. The summed E-state index contributed by atoms with van der Waals surface area (Å²) in [6.45, 7) is 2.48. The summed E-state index contributed by atoms with van der Waals surface area (Å²) in [6.07, 6.45) is 0. The maximum absolute atomic E-state index is 6.10. The molecule has 3 aromatic rings. The van der Waals surface area contributed by atoms with Crippen LogP contribution in [0.25, 0.3) is 11.1 Å². The smallest absolute Gasteiger partial charge is 0.127 e. The Kier molecular flexibility index (Phi) is 5.87. The lowest BCUT2D eigenvalue weighted by atomic mass is 10.0. The first-order valence-corrected chi connectivity index (χ1v) is 8.88. The Morgan fingerprint density at radius 1 is 0.815 bits per heavy atom. The molecule has 4 nitrogen and oxygen atoms in total. The van der Waals surface area contributed by atoms with Crippen molar-refractivity contribution < 1.29 is 14.2 Å². The van der Waals surface area contributed by atoms with Gasteiger partial charge in [-0.05, 0) is 48.4 Å². The van der Waals surface area contributed by atoms with Crippen molar-refractivity contribution in [2.45, 2.75) is 13.5 Å². The molecule has 3 aromatic carbocycles. The zero-order valence-electron chi connectivity index (χ0n) is 16.2. The average Bonchev–Trinajstić information content (AvgIpc) is 2.72. The maximum atomic E-state index is 6.10. The van der Waals surface area contributed by atoms with Crippen LogP contribution >= 0.6 is 0 Å². The number of rotatable bonds is 7. The van der Waals surface area contributed by atoms with Gasteiger partial charge in [0.1, 0.15) is 23.9 Å². The molecule has 0 amide bonds. The van der Waals surface area contributed by atoms with Gasteiger partial charge >= 0.3 is 0 Å². The quantitative estimate of drug-likeness (QED) is 0.618. The van der Waals surface area contributed by atoms with Crippen LogP contribution in [0.5, 0.6) is 17.2 Å². The highest BCUT2D eigenvalue weighted by Crippen LogP contribution is 2.33. The SMILES string of the molecule is CNc1cccc(OC)c1COc1ccc(-c2ccccc2OC)cc1C. The normalized spacial score (nSPS) is 10.4. The number of ether oxygens (including phenoxy) is 3. The number of hydrogen-bond donors (Lipinski definition) is 1. The molecule has 0 aliphatic heterocycles. The Labute approximate surface area is 160 Å². The van der Waals surface area contributed by atoms with Gasteiger partial charge in [-0.1, -0.05) is 30.3 Å². The fourth-order valence-electron chi connectivity index (χ4n) is 3.15. The van der Waals surface area contributed by atoms with Crippen LogP contribution in [0.4, 0.5) is 5.69 Å². The molecule has 0 atom stereocenters. The molecule has 0 heterocycles. The average molecular weight is 363 g/mol. The van der Waals surface area contributed by atoms with Crippen molar-refractivity contribution in [3.8, 4) is 28.4 Å². The molecule has 3 rings (SSSR count). The maximum Gasteiger partial charge on any atom is 0.127 e. The lowest BCUT2D eigenvalue weighted by Crippen LogP contribution is -2.04. The summed E-state index contributed by atoms with van der Waals surface area (Å²) in [5.74, 6) is 2.52. The lowest BCUT2D eigenvalue weighted by Gasteiger charge is -2.16. The van der Waals surface area contributed by atoms with Crippen molar-refractivity contribution in [2.24, 2.45) is 0 Å². The highest BCUT2D eigenvalue weighted by molar-refractivity contribution is 5.71. The van der Waals surface area contributed by atoms with E-state index < -0.39 is 0 Å². The summed E-state index contributed by atoms with van der Waals surface area (Å²) >= 11 is 0. The van der Waals surface area contributed by atoms with Crippen molar-refractivity contribution >= 4 is 5.69 Å². The molecule has 27 heavy (non-hydrogen) atoms. The molecular formula is C23H25NO3. The van der Waals surface area contributed by atoms with E-state index in [1.807, 2.05) is 49.5 Å². The van der Waals surface area contributed by atoms with E-state index in [2.05, 4.69) is 30.4 Å². The fourth-order valence-corrected chi connectivity index (χ4v) is 3.15. The second kappa shape index (κ2) is 8.49. The monoisotopic (exact) mass is 363 g/mol. The van der Waals surface area contributed by atoms with E-state index in [0.717, 1.165) is 45.2 Å². The molecule has 0 unspecified atom stereocenters. The van der Waals surface area contributed by atoms with Crippen molar-refractivity contribution in [1.82, 2.24) is 0 Å². The van der Waals surface area contributed by atoms with Crippen molar-refractivity contribution in [1.29, 1.82) is 0 Å². The predicted octanol–water partition coefficient (Wildman–Crippen LogP) is 5.30. The van der Waals surface area contributed by atoms with Gasteiger partial charge in [-0.3, -0.25) is 0 Å². The first-order chi connectivity index (χ1) is 13.2. The van der Waals surface area contributed by atoms with Crippen molar-refractivity contribution in [3.63, 3.8) is 0 Å². The van der Waals surface area contributed by atoms with Gasteiger partial charge in [-0.2, -0.15) is 0 Å². The van der Waals surface area contributed by atoms with Gasteiger partial charge in [0.25, 0.3) is 0 Å². The molecule has 0 aromatic heterocycles. The van der Waals surface area contributed by atoms with Gasteiger partial charge in [0.2, 0.25) is 0 Å². The Hall–Kier alpha value is -3.14. The van der Waals surface area contributed by atoms with Gasteiger partial charge in [-0.15, -0.1) is 0 Å². The molecule has 0 aliphatic carbocycles. The van der Waals surface area contributed by atoms with Crippen LogP contribution in [0.1, 0.15) is 11.1 Å². The zero-order valence-corrected chi connectivity index (χ0v) is 16.2. The predicted molar refractivity (Wildman–Crippen MR) is 110 cm³/mol. The molecule has 4 heteroatoms. The summed E-state index contributed by atoms with van der Waals surface area (Å²) in [7, 11) is 5.26. The summed E-state index contributed by atoms with van der Waals surface area (Å²) in [5, 5.41) is 3.19. The minimum absolute atomic E-state index is 0.426. The van der Waals surface area contributed by atoms with Gasteiger partial charge < -0.3 is 19.5 Å². The van der Waals surface area contributed by atoms with Gasteiger partial charge in [0, 0.05) is 18.3 Å². The highest BCUT2D eigenvalue weighted by atomic mass is 16.5. The summed E-state index contributed by atoms with van der Waals surface area (Å²) in [4.78, 5) is 0. The van der Waals surface area contributed by atoms with Crippen LogP contribution in [0, 0.1) is 6.92 Å². The Balaban J connectivity index is 1.84.